The summed E-state index contributed by atoms with van der Waals surface area (Å²) in [5.41, 5.74) is 5.97. The second-order valence-corrected chi connectivity index (χ2v) is 3.85. The summed E-state index contributed by atoms with van der Waals surface area (Å²) in [6, 6.07) is 3.41. The SMILES string of the molecule is COc1cc(C(C)(C)O)cc(OC)c1N. The molecule has 3 N–H and O–H groups in total. The highest BCUT2D eigenvalue weighted by Crippen LogP contribution is 2.36. The number of methoxy groups -OCH3 is 2. The summed E-state index contributed by atoms with van der Waals surface area (Å²) in [6.07, 6.45) is 0. The molecule has 0 aliphatic carbocycles. The lowest BCUT2D eigenvalue weighted by atomic mass is 9.97. The van der Waals surface area contributed by atoms with E-state index in [9.17, 15) is 5.11 Å². The first kappa shape index (κ1) is 11.7. The van der Waals surface area contributed by atoms with Crippen LogP contribution in [-0.4, -0.2) is 19.3 Å². The Morgan fingerprint density at radius 2 is 1.53 bits per heavy atom. The molecular weight excluding hydrogens is 194 g/mol. The Morgan fingerprint density at radius 1 is 1.13 bits per heavy atom. The zero-order chi connectivity index (χ0) is 11.6. The maximum absolute atomic E-state index is 9.87. The molecule has 0 spiro atoms. The molecule has 84 valence electrons. The molecule has 0 saturated heterocycles. The van der Waals surface area contributed by atoms with Crippen molar-refractivity contribution in [2.75, 3.05) is 20.0 Å². The van der Waals surface area contributed by atoms with Gasteiger partial charge in [0.1, 0.15) is 17.2 Å². The number of benzene rings is 1. The average molecular weight is 211 g/mol. The first-order valence-corrected chi connectivity index (χ1v) is 4.64. The Kier molecular flexibility index (Phi) is 3.09. The first-order chi connectivity index (χ1) is 6.90. The minimum atomic E-state index is -0.950. The lowest BCUT2D eigenvalue weighted by Crippen LogP contribution is -2.16. The average Bonchev–Trinajstić information content (AvgIpc) is 2.16. The van der Waals surface area contributed by atoms with Gasteiger partial charge in [-0.25, -0.2) is 0 Å². The van der Waals surface area contributed by atoms with Gasteiger partial charge in [0, 0.05) is 0 Å². The van der Waals surface area contributed by atoms with Gasteiger partial charge in [-0.3, -0.25) is 0 Å². The van der Waals surface area contributed by atoms with Crippen molar-refractivity contribution in [3.63, 3.8) is 0 Å². The fourth-order valence-corrected chi connectivity index (χ4v) is 1.29. The lowest BCUT2D eigenvalue weighted by molar-refractivity contribution is 0.0781. The number of aliphatic hydroxyl groups is 1. The van der Waals surface area contributed by atoms with E-state index in [2.05, 4.69) is 0 Å². The highest BCUT2D eigenvalue weighted by atomic mass is 16.5. The molecule has 0 heterocycles. The number of hydrogen-bond acceptors (Lipinski definition) is 4. The molecule has 0 radical (unpaired) electrons. The maximum atomic E-state index is 9.87. The number of ether oxygens (including phenoxy) is 2. The number of nitrogen functional groups attached to an aromatic ring is 1. The van der Waals surface area contributed by atoms with E-state index in [1.807, 2.05) is 0 Å². The Bertz CT molecular complexity index is 330. The molecule has 0 aromatic heterocycles. The Hall–Kier alpha value is -1.42. The topological polar surface area (TPSA) is 64.7 Å². The molecule has 0 atom stereocenters. The number of hydrogen-bond donors (Lipinski definition) is 2. The van der Waals surface area contributed by atoms with E-state index in [-0.39, 0.29) is 0 Å². The molecule has 1 aromatic rings. The van der Waals surface area contributed by atoms with Crippen molar-refractivity contribution < 1.29 is 14.6 Å². The van der Waals surface area contributed by atoms with Crippen LogP contribution in [0.15, 0.2) is 12.1 Å². The van der Waals surface area contributed by atoms with E-state index in [0.29, 0.717) is 22.7 Å². The predicted octanol–water partition coefficient (Wildman–Crippen LogP) is 1.51. The Balaban J connectivity index is 3.33. The molecule has 0 saturated carbocycles. The van der Waals surface area contributed by atoms with Gasteiger partial charge in [-0.2, -0.15) is 0 Å². The van der Waals surface area contributed by atoms with Gasteiger partial charge >= 0.3 is 0 Å². The summed E-state index contributed by atoms with van der Waals surface area (Å²) in [5, 5.41) is 9.87. The highest BCUT2D eigenvalue weighted by molar-refractivity contribution is 5.64. The summed E-state index contributed by atoms with van der Waals surface area (Å²) in [7, 11) is 3.05. The van der Waals surface area contributed by atoms with Gasteiger partial charge in [0.25, 0.3) is 0 Å². The van der Waals surface area contributed by atoms with Crippen LogP contribution in [-0.2, 0) is 5.60 Å². The maximum Gasteiger partial charge on any atom is 0.145 e. The summed E-state index contributed by atoms with van der Waals surface area (Å²) in [6.45, 7) is 3.38. The van der Waals surface area contributed by atoms with Crippen molar-refractivity contribution in [2.45, 2.75) is 19.4 Å². The van der Waals surface area contributed by atoms with Gasteiger partial charge in [-0.05, 0) is 31.5 Å². The molecule has 0 amide bonds. The van der Waals surface area contributed by atoms with Gasteiger partial charge in [0.05, 0.1) is 19.8 Å². The largest absolute Gasteiger partial charge is 0.494 e. The summed E-state index contributed by atoms with van der Waals surface area (Å²) in [5.74, 6) is 1.01. The van der Waals surface area contributed by atoms with Crippen molar-refractivity contribution in [2.24, 2.45) is 0 Å². The zero-order valence-corrected chi connectivity index (χ0v) is 9.50. The zero-order valence-electron chi connectivity index (χ0n) is 9.50. The van der Waals surface area contributed by atoms with Gasteiger partial charge < -0.3 is 20.3 Å². The quantitative estimate of drug-likeness (QED) is 0.744. The summed E-state index contributed by atoms with van der Waals surface area (Å²) >= 11 is 0. The standard InChI is InChI=1S/C11H17NO3/c1-11(2,13)7-5-8(14-3)10(12)9(6-7)15-4/h5-6,13H,12H2,1-4H3. The smallest absolute Gasteiger partial charge is 0.145 e. The molecule has 1 rings (SSSR count). The van der Waals surface area contributed by atoms with Crippen molar-refractivity contribution in [3.05, 3.63) is 17.7 Å². The summed E-state index contributed by atoms with van der Waals surface area (Å²) < 4.78 is 10.2. The first-order valence-electron chi connectivity index (χ1n) is 4.64. The molecule has 4 heteroatoms. The minimum Gasteiger partial charge on any atom is -0.494 e. The van der Waals surface area contributed by atoms with E-state index in [0.717, 1.165) is 0 Å². The van der Waals surface area contributed by atoms with E-state index >= 15 is 0 Å². The summed E-state index contributed by atoms with van der Waals surface area (Å²) in [4.78, 5) is 0. The third kappa shape index (κ3) is 2.33. The van der Waals surface area contributed by atoms with Crippen LogP contribution in [0.25, 0.3) is 0 Å². The molecule has 0 aliphatic heterocycles. The minimum absolute atomic E-state index is 0.438. The van der Waals surface area contributed by atoms with E-state index in [1.165, 1.54) is 14.2 Å². The van der Waals surface area contributed by atoms with Crippen molar-refractivity contribution in [3.8, 4) is 11.5 Å². The molecule has 15 heavy (non-hydrogen) atoms. The number of anilines is 1. The predicted molar refractivity (Wildman–Crippen MR) is 59.2 cm³/mol. The molecular formula is C11H17NO3. The van der Waals surface area contributed by atoms with Crippen molar-refractivity contribution in [1.29, 1.82) is 0 Å². The van der Waals surface area contributed by atoms with Crippen LogP contribution in [0.5, 0.6) is 11.5 Å². The van der Waals surface area contributed by atoms with E-state index < -0.39 is 5.60 Å². The second-order valence-electron chi connectivity index (χ2n) is 3.85. The van der Waals surface area contributed by atoms with E-state index in [4.69, 9.17) is 15.2 Å². The fourth-order valence-electron chi connectivity index (χ4n) is 1.29. The monoisotopic (exact) mass is 211 g/mol. The molecule has 1 aromatic carbocycles. The van der Waals surface area contributed by atoms with Crippen LogP contribution < -0.4 is 15.2 Å². The van der Waals surface area contributed by atoms with Crippen LogP contribution >= 0.6 is 0 Å². The Labute approximate surface area is 89.6 Å². The van der Waals surface area contributed by atoms with Crippen LogP contribution in [0.4, 0.5) is 5.69 Å². The van der Waals surface area contributed by atoms with Crippen molar-refractivity contribution >= 4 is 5.69 Å². The molecule has 0 aliphatic rings. The Morgan fingerprint density at radius 3 is 1.80 bits per heavy atom. The lowest BCUT2D eigenvalue weighted by Gasteiger charge is -2.20. The molecule has 4 nitrogen and oxygen atoms in total. The van der Waals surface area contributed by atoms with Crippen LogP contribution in [0.1, 0.15) is 19.4 Å². The van der Waals surface area contributed by atoms with Gasteiger partial charge in [-0.15, -0.1) is 0 Å². The van der Waals surface area contributed by atoms with E-state index in [1.54, 1.807) is 26.0 Å². The number of nitrogens with two attached hydrogens (primary N) is 1. The van der Waals surface area contributed by atoms with Crippen LogP contribution in [0, 0.1) is 0 Å². The number of rotatable bonds is 3. The van der Waals surface area contributed by atoms with Crippen LogP contribution in [0.2, 0.25) is 0 Å². The third-order valence-corrected chi connectivity index (χ3v) is 2.25. The fraction of sp³-hybridized carbons (Fsp3) is 0.455. The molecule has 0 unspecified atom stereocenters. The normalized spacial score (nSPS) is 11.3. The van der Waals surface area contributed by atoms with Crippen molar-refractivity contribution in [1.82, 2.24) is 0 Å². The molecule has 0 bridgehead atoms. The third-order valence-electron chi connectivity index (χ3n) is 2.25. The van der Waals surface area contributed by atoms with Gasteiger partial charge in [0.2, 0.25) is 0 Å². The second kappa shape index (κ2) is 3.98. The van der Waals surface area contributed by atoms with Gasteiger partial charge in [-0.1, -0.05) is 0 Å². The van der Waals surface area contributed by atoms with Crippen LogP contribution in [0.3, 0.4) is 0 Å². The van der Waals surface area contributed by atoms with Gasteiger partial charge in [0.15, 0.2) is 0 Å². The molecule has 0 fully saturated rings. The highest BCUT2D eigenvalue weighted by Gasteiger charge is 2.20.